The third kappa shape index (κ3) is 4.94. The Bertz CT molecular complexity index is 939. The second kappa shape index (κ2) is 8.33. The van der Waals surface area contributed by atoms with Gasteiger partial charge < -0.3 is 5.32 Å². The van der Waals surface area contributed by atoms with Gasteiger partial charge in [-0.2, -0.15) is 5.26 Å². The topological polar surface area (TPSA) is 90.3 Å². The molecule has 1 fully saturated rings. The highest BCUT2D eigenvalue weighted by molar-refractivity contribution is 7.88. The Labute approximate surface area is 159 Å². The van der Waals surface area contributed by atoms with E-state index >= 15 is 0 Å². The molecule has 2 aromatic rings. The standard InChI is InChI=1S/C20H21N3O3S/c21-12-11-16-5-9-19(10-6-16)22-20(24)18-7-3-17(4-8-18)15-27(25,26)23-13-1-2-14-23/h3-10H,1-2,11,13-15H2,(H,22,24). The van der Waals surface area contributed by atoms with Crippen molar-refractivity contribution in [1.82, 2.24) is 4.31 Å². The normalized spacial score (nSPS) is 14.6. The van der Waals surface area contributed by atoms with Crippen LogP contribution in [0.25, 0.3) is 0 Å². The fraction of sp³-hybridized carbons (Fsp3) is 0.300. The Balaban J connectivity index is 1.62. The Morgan fingerprint density at radius 2 is 1.59 bits per heavy atom. The average Bonchev–Trinajstić information content (AvgIpc) is 3.20. The van der Waals surface area contributed by atoms with Crippen LogP contribution in [0.4, 0.5) is 5.69 Å². The Kier molecular flexibility index (Phi) is 5.89. The lowest BCUT2D eigenvalue weighted by atomic mass is 10.1. The first kappa shape index (κ1) is 19.1. The molecule has 7 heteroatoms. The predicted molar refractivity (Wildman–Crippen MR) is 104 cm³/mol. The lowest BCUT2D eigenvalue weighted by molar-refractivity contribution is 0.102. The molecule has 1 saturated heterocycles. The monoisotopic (exact) mass is 383 g/mol. The molecule has 1 heterocycles. The number of rotatable bonds is 6. The van der Waals surface area contributed by atoms with E-state index < -0.39 is 10.0 Å². The number of hydrogen-bond acceptors (Lipinski definition) is 4. The van der Waals surface area contributed by atoms with Crippen LogP contribution in [0.3, 0.4) is 0 Å². The highest BCUT2D eigenvalue weighted by Gasteiger charge is 2.25. The van der Waals surface area contributed by atoms with E-state index in [2.05, 4.69) is 11.4 Å². The number of carbonyl (C=O) groups excluding carboxylic acids is 1. The van der Waals surface area contributed by atoms with Crippen molar-refractivity contribution in [3.8, 4) is 6.07 Å². The zero-order valence-electron chi connectivity index (χ0n) is 14.9. The first-order valence-corrected chi connectivity index (χ1v) is 10.4. The van der Waals surface area contributed by atoms with E-state index in [9.17, 15) is 13.2 Å². The van der Waals surface area contributed by atoms with Crippen molar-refractivity contribution in [3.63, 3.8) is 0 Å². The van der Waals surface area contributed by atoms with Crippen LogP contribution in [0.2, 0.25) is 0 Å². The summed E-state index contributed by atoms with van der Waals surface area (Å²) in [6.45, 7) is 1.19. The molecule has 0 saturated carbocycles. The SMILES string of the molecule is N#CCc1ccc(NC(=O)c2ccc(CS(=O)(=O)N3CCCC3)cc2)cc1. The fourth-order valence-electron chi connectivity index (χ4n) is 3.02. The molecule has 0 bridgehead atoms. The van der Waals surface area contributed by atoms with Crippen molar-refractivity contribution < 1.29 is 13.2 Å². The molecule has 0 aliphatic carbocycles. The number of nitrogens with zero attached hydrogens (tertiary/aromatic N) is 2. The van der Waals surface area contributed by atoms with Gasteiger partial charge >= 0.3 is 0 Å². The van der Waals surface area contributed by atoms with E-state index in [1.807, 2.05) is 0 Å². The molecule has 1 amide bonds. The van der Waals surface area contributed by atoms with E-state index in [1.165, 1.54) is 4.31 Å². The highest BCUT2D eigenvalue weighted by Crippen LogP contribution is 2.18. The van der Waals surface area contributed by atoms with Gasteiger partial charge in [-0.3, -0.25) is 4.79 Å². The summed E-state index contributed by atoms with van der Waals surface area (Å²) in [6.07, 6.45) is 2.15. The maximum absolute atomic E-state index is 12.4. The molecule has 1 aliphatic heterocycles. The number of hydrogen-bond donors (Lipinski definition) is 1. The Morgan fingerprint density at radius 3 is 2.19 bits per heavy atom. The summed E-state index contributed by atoms with van der Waals surface area (Å²) in [6, 6.07) is 15.8. The third-order valence-corrected chi connectivity index (χ3v) is 6.37. The molecule has 140 valence electrons. The lowest BCUT2D eigenvalue weighted by Gasteiger charge is -2.15. The molecule has 0 atom stereocenters. The summed E-state index contributed by atoms with van der Waals surface area (Å²) in [4.78, 5) is 12.3. The third-order valence-electron chi connectivity index (χ3n) is 4.52. The summed E-state index contributed by atoms with van der Waals surface area (Å²) < 4.78 is 26.3. The summed E-state index contributed by atoms with van der Waals surface area (Å²) in [5, 5.41) is 11.5. The minimum atomic E-state index is -3.29. The van der Waals surface area contributed by atoms with Crippen molar-refractivity contribution in [1.29, 1.82) is 5.26 Å². The minimum Gasteiger partial charge on any atom is -0.322 e. The van der Waals surface area contributed by atoms with Gasteiger partial charge in [0.2, 0.25) is 10.0 Å². The number of carbonyl (C=O) groups is 1. The van der Waals surface area contributed by atoms with Gasteiger partial charge in [0.15, 0.2) is 0 Å². The van der Waals surface area contributed by atoms with Gasteiger partial charge in [-0.05, 0) is 48.2 Å². The number of nitrogens with one attached hydrogen (secondary N) is 1. The first-order chi connectivity index (χ1) is 13.0. The van der Waals surface area contributed by atoms with Crippen LogP contribution in [-0.4, -0.2) is 31.7 Å². The van der Waals surface area contributed by atoms with Gasteiger partial charge in [-0.15, -0.1) is 0 Å². The largest absolute Gasteiger partial charge is 0.322 e. The number of nitriles is 1. The van der Waals surface area contributed by atoms with E-state index in [-0.39, 0.29) is 11.7 Å². The summed E-state index contributed by atoms with van der Waals surface area (Å²) in [5.41, 5.74) is 2.65. The summed E-state index contributed by atoms with van der Waals surface area (Å²) in [7, 11) is -3.29. The molecule has 2 aromatic carbocycles. The van der Waals surface area contributed by atoms with Crippen LogP contribution in [0.15, 0.2) is 48.5 Å². The molecule has 3 rings (SSSR count). The number of amides is 1. The average molecular weight is 383 g/mol. The van der Waals surface area contributed by atoms with E-state index in [0.717, 1.165) is 18.4 Å². The molecule has 0 radical (unpaired) electrons. The molecule has 6 nitrogen and oxygen atoms in total. The maximum Gasteiger partial charge on any atom is 0.255 e. The smallest absolute Gasteiger partial charge is 0.255 e. The first-order valence-electron chi connectivity index (χ1n) is 8.82. The van der Waals surface area contributed by atoms with Crippen molar-refractivity contribution in [2.75, 3.05) is 18.4 Å². The number of anilines is 1. The molecule has 27 heavy (non-hydrogen) atoms. The van der Waals surface area contributed by atoms with Crippen molar-refractivity contribution in [3.05, 3.63) is 65.2 Å². The molecule has 0 unspecified atom stereocenters. The van der Waals surface area contributed by atoms with Crippen LogP contribution >= 0.6 is 0 Å². The molecule has 1 aliphatic rings. The second-order valence-electron chi connectivity index (χ2n) is 6.55. The minimum absolute atomic E-state index is 0.0464. The molecule has 1 N–H and O–H groups in total. The van der Waals surface area contributed by atoms with Crippen LogP contribution in [0.5, 0.6) is 0 Å². The van der Waals surface area contributed by atoms with Gasteiger partial charge in [-0.25, -0.2) is 12.7 Å². The van der Waals surface area contributed by atoms with Gasteiger partial charge in [0.05, 0.1) is 18.2 Å². The lowest BCUT2D eigenvalue weighted by Crippen LogP contribution is -2.29. The Hall–Kier alpha value is -2.69. The molecular weight excluding hydrogens is 362 g/mol. The van der Waals surface area contributed by atoms with Crippen LogP contribution < -0.4 is 5.32 Å². The molecule has 0 aromatic heterocycles. The Morgan fingerprint density at radius 1 is 1.00 bits per heavy atom. The van der Waals surface area contributed by atoms with Crippen molar-refractivity contribution in [2.24, 2.45) is 0 Å². The fourth-order valence-corrected chi connectivity index (χ4v) is 4.63. The molecular formula is C20H21N3O3S. The summed E-state index contributed by atoms with van der Waals surface area (Å²) >= 11 is 0. The highest BCUT2D eigenvalue weighted by atomic mass is 32.2. The van der Waals surface area contributed by atoms with Gasteiger partial charge in [0, 0.05) is 24.3 Å². The zero-order valence-corrected chi connectivity index (χ0v) is 15.7. The quantitative estimate of drug-likeness (QED) is 0.830. The van der Waals surface area contributed by atoms with Crippen molar-refractivity contribution >= 4 is 21.6 Å². The van der Waals surface area contributed by atoms with E-state index in [1.54, 1.807) is 48.5 Å². The van der Waals surface area contributed by atoms with Gasteiger partial charge in [-0.1, -0.05) is 24.3 Å². The molecule has 0 spiro atoms. The number of sulfonamides is 1. The summed E-state index contributed by atoms with van der Waals surface area (Å²) in [5.74, 6) is -0.313. The van der Waals surface area contributed by atoms with Crippen molar-refractivity contribution in [2.45, 2.75) is 25.0 Å². The number of benzene rings is 2. The van der Waals surface area contributed by atoms with Gasteiger partial charge in [0.25, 0.3) is 5.91 Å². The maximum atomic E-state index is 12.4. The predicted octanol–water partition coefficient (Wildman–Crippen LogP) is 2.93. The van der Waals surface area contributed by atoms with E-state index in [0.29, 0.717) is 36.3 Å². The van der Waals surface area contributed by atoms with Crippen LogP contribution in [-0.2, 0) is 22.2 Å². The second-order valence-corrected chi connectivity index (χ2v) is 8.51. The van der Waals surface area contributed by atoms with E-state index in [4.69, 9.17) is 5.26 Å². The van der Waals surface area contributed by atoms with Gasteiger partial charge in [0.1, 0.15) is 0 Å². The van der Waals surface area contributed by atoms with Crippen LogP contribution in [0.1, 0.15) is 34.3 Å². The van der Waals surface area contributed by atoms with Crippen LogP contribution in [0, 0.1) is 11.3 Å². The zero-order chi connectivity index (χ0) is 19.3.